The fourth-order valence-electron chi connectivity index (χ4n) is 1.70. The van der Waals surface area contributed by atoms with Crippen LogP contribution in [0, 0.1) is 0 Å². The first-order chi connectivity index (χ1) is 9.47. The molecule has 20 heavy (non-hydrogen) atoms. The fraction of sp³-hybridized carbons (Fsp3) is 0.400. The Kier molecular flexibility index (Phi) is 4.17. The lowest BCUT2D eigenvalue weighted by Gasteiger charge is -2.07. The summed E-state index contributed by atoms with van der Waals surface area (Å²) in [6.07, 6.45) is 0. The van der Waals surface area contributed by atoms with E-state index in [9.17, 15) is 4.79 Å². The molecule has 1 heterocycles. The molecule has 0 aliphatic carbocycles. The molecule has 1 aromatic heterocycles. The maximum absolute atomic E-state index is 12.0. The number of carbonyl (C=O) groups is 1. The van der Waals surface area contributed by atoms with Crippen LogP contribution < -0.4 is 5.32 Å². The van der Waals surface area contributed by atoms with Crippen LogP contribution in [-0.2, 0) is 0 Å². The van der Waals surface area contributed by atoms with Gasteiger partial charge in [-0.25, -0.2) is 0 Å². The van der Waals surface area contributed by atoms with E-state index in [-0.39, 0.29) is 17.7 Å². The normalized spacial score (nSPS) is 11.1. The summed E-state index contributed by atoms with van der Waals surface area (Å²) in [6, 6.07) is 7.72. The second-order valence-electron chi connectivity index (χ2n) is 5.33. The predicted molar refractivity (Wildman–Crippen MR) is 76.9 cm³/mol. The zero-order valence-electron chi connectivity index (χ0n) is 12.2. The van der Waals surface area contributed by atoms with Crippen LogP contribution in [0.15, 0.2) is 28.7 Å². The van der Waals surface area contributed by atoms with E-state index in [1.807, 2.05) is 38.1 Å². The first-order valence-electron chi connectivity index (χ1n) is 6.72. The third-order valence-corrected chi connectivity index (χ3v) is 2.96. The summed E-state index contributed by atoms with van der Waals surface area (Å²) in [7, 11) is 0. The lowest BCUT2D eigenvalue weighted by atomic mass is 10.0. The van der Waals surface area contributed by atoms with Gasteiger partial charge in [-0.15, -0.1) is 10.2 Å². The van der Waals surface area contributed by atoms with Gasteiger partial charge in [0.2, 0.25) is 5.89 Å². The molecule has 1 N–H and O–H groups in total. The zero-order chi connectivity index (χ0) is 14.7. The number of carbonyl (C=O) groups excluding carboxylic acids is 1. The molecule has 1 amide bonds. The van der Waals surface area contributed by atoms with Crippen molar-refractivity contribution in [1.82, 2.24) is 10.2 Å². The zero-order valence-corrected chi connectivity index (χ0v) is 12.2. The highest BCUT2D eigenvalue weighted by atomic mass is 16.4. The van der Waals surface area contributed by atoms with Gasteiger partial charge in [0.25, 0.3) is 0 Å². The summed E-state index contributed by atoms with van der Waals surface area (Å²) in [5, 5.41) is 10.3. The average Bonchev–Trinajstić information content (AvgIpc) is 2.89. The Bertz CT molecular complexity index is 585. The molecule has 0 aliphatic heterocycles. The van der Waals surface area contributed by atoms with Gasteiger partial charge in [0.1, 0.15) is 0 Å². The highest BCUT2D eigenvalue weighted by Crippen LogP contribution is 2.18. The first-order valence-corrected chi connectivity index (χ1v) is 6.72. The maximum Gasteiger partial charge on any atom is 0.313 e. The molecule has 0 unspecified atom stereocenters. The molecule has 5 nitrogen and oxygen atoms in total. The molecular weight excluding hydrogens is 254 g/mol. The highest BCUT2D eigenvalue weighted by molar-refractivity contribution is 6.00. The molecule has 0 aliphatic rings. The Balaban J connectivity index is 2.06. The summed E-state index contributed by atoms with van der Waals surface area (Å²) >= 11 is 0. The molecule has 106 valence electrons. The van der Waals surface area contributed by atoms with Gasteiger partial charge in [0.15, 0.2) is 0 Å². The lowest BCUT2D eigenvalue weighted by Crippen LogP contribution is -2.12. The minimum atomic E-state index is -0.387. The van der Waals surface area contributed by atoms with Crippen molar-refractivity contribution in [3.8, 4) is 0 Å². The Labute approximate surface area is 118 Å². The Morgan fingerprint density at radius 3 is 2.20 bits per heavy atom. The van der Waals surface area contributed by atoms with E-state index in [2.05, 4.69) is 29.4 Å². The van der Waals surface area contributed by atoms with Crippen LogP contribution in [0.5, 0.6) is 0 Å². The van der Waals surface area contributed by atoms with E-state index in [0.29, 0.717) is 17.5 Å². The average molecular weight is 273 g/mol. The van der Waals surface area contributed by atoms with Crippen LogP contribution in [-0.4, -0.2) is 16.1 Å². The summed E-state index contributed by atoms with van der Waals surface area (Å²) in [5.74, 6) is 0.632. The topological polar surface area (TPSA) is 68.0 Å². The lowest BCUT2D eigenvalue weighted by molar-refractivity contribution is 0.0988. The molecule has 0 spiro atoms. The molecule has 0 atom stereocenters. The molecule has 0 fully saturated rings. The maximum atomic E-state index is 12.0. The van der Waals surface area contributed by atoms with Crippen molar-refractivity contribution < 1.29 is 9.21 Å². The van der Waals surface area contributed by atoms with Crippen LogP contribution in [0.3, 0.4) is 0 Å². The molecule has 2 aromatic rings. The first kappa shape index (κ1) is 14.2. The van der Waals surface area contributed by atoms with E-state index in [4.69, 9.17) is 4.42 Å². The number of nitrogens with zero attached hydrogens (tertiary/aromatic N) is 2. The number of aromatic nitrogens is 2. The van der Waals surface area contributed by atoms with Gasteiger partial charge in [0, 0.05) is 11.6 Å². The van der Waals surface area contributed by atoms with E-state index in [1.165, 1.54) is 5.56 Å². The molecule has 0 bridgehead atoms. The van der Waals surface area contributed by atoms with Gasteiger partial charge < -0.3 is 9.73 Å². The number of amides is 1. The van der Waals surface area contributed by atoms with Gasteiger partial charge in [0.05, 0.1) is 0 Å². The quantitative estimate of drug-likeness (QED) is 0.924. The molecule has 1 aromatic carbocycles. The number of hydrogen-bond donors (Lipinski definition) is 1. The van der Waals surface area contributed by atoms with Gasteiger partial charge in [-0.05, 0) is 23.6 Å². The Hall–Kier alpha value is -2.17. The molecule has 0 saturated heterocycles. The van der Waals surface area contributed by atoms with E-state index < -0.39 is 0 Å². The van der Waals surface area contributed by atoms with Crippen molar-refractivity contribution in [3.05, 3.63) is 41.6 Å². The number of anilines is 1. The van der Waals surface area contributed by atoms with Gasteiger partial charge in [-0.2, -0.15) is 0 Å². The van der Waals surface area contributed by atoms with Gasteiger partial charge in [-0.1, -0.05) is 39.8 Å². The smallest absolute Gasteiger partial charge is 0.313 e. The number of rotatable bonds is 4. The van der Waals surface area contributed by atoms with Crippen LogP contribution in [0.1, 0.15) is 61.7 Å². The Morgan fingerprint density at radius 2 is 1.70 bits per heavy atom. The van der Waals surface area contributed by atoms with Crippen LogP contribution in [0.2, 0.25) is 0 Å². The third kappa shape index (κ3) is 3.23. The Morgan fingerprint density at radius 1 is 1.05 bits per heavy atom. The standard InChI is InChI=1S/C15H19N3O2/c1-9(2)11-5-7-12(8-6-11)16-13(19)15-18-17-14(20-15)10(3)4/h5-10H,1-4H3,(H,16,19). The van der Waals surface area contributed by atoms with Crippen molar-refractivity contribution in [2.45, 2.75) is 39.5 Å². The second kappa shape index (κ2) is 5.86. The fourth-order valence-corrected chi connectivity index (χ4v) is 1.70. The largest absolute Gasteiger partial charge is 0.417 e. The molecule has 2 rings (SSSR count). The molecule has 0 radical (unpaired) electrons. The third-order valence-electron chi connectivity index (χ3n) is 2.96. The number of hydrogen-bond acceptors (Lipinski definition) is 4. The minimum Gasteiger partial charge on any atom is -0.417 e. The van der Waals surface area contributed by atoms with Crippen molar-refractivity contribution in [2.24, 2.45) is 0 Å². The molecular formula is C15H19N3O2. The minimum absolute atomic E-state index is 0.0124. The molecule has 0 saturated carbocycles. The van der Waals surface area contributed by atoms with Crippen molar-refractivity contribution >= 4 is 11.6 Å². The van der Waals surface area contributed by atoms with Crippen LogP contribution >= 0.6 is 0 Å². The number of nitrogens with one attached hydrogen (secondary N) is 1. The van der Waals surface area contributed by atoms with E-state index in [0.717, 1.165) is 0 Å². The number of benzene rings is 1. The van der Waals surface area contributed by atoms with E-state index >= 15 is 0 Å². The SMILES string of the molecule is CC(C)c1ccc(NC(=O)c2nnc(C(C)C)o2)cc1. The summed E-state index contributed by atoms with van der Waals surface area (Å²) < 4.78 is 5.31. The van der Waals surface area contributed by atoms with Gasteiger partial charge >= 0.3 is 11.8 Å². The highest BCUT2D eigenvalue weighted by Gasteiger charge is 2.16. The van der Waals surface area contributed by atoms with E-state index in [1.54, 1.807) is 0 Å². The summed E-state index contributed by atoms with van der Waals surface area (Å²) in [6.45, 7) is 8.11. The second-order valence-corrected chi connectivity index (χ2v) is 5.33. The van der Waals surface area contributed by atoms with Crippen molar-refractivity contribution in [2.75, 3.05) is 5.32 Å². The monoisotopic (exact) mass is 273 g/mol. The van der Waals surface area contributed by atoms with Crippen LogP contribution in [0.4, 0.5) is 5.69 Å². The predicted octanol–water partition coefficient (Wildman–Crippen LogP) is 3.57. The van der Waals surface area contributed by atoms with Crippen LogP contribution in [0.25, 0.3) is 0 Å². The summed E-state index contributed by atoms with van der Waals surface area (Å²) in [4.78, 5) is 12.0. The molecule has 5 heteroatoms. The summed E-state index contributed by atoms with van der Waals surface area (Å²) in [5.41, 5.74) is 1.94. The van der Waals surface area contributed by atoms with Crippen molar-refractivity contribution in [1.29, 1.82) is 0 Å². The van der Waals surface area contributed by atoms with Gasteiger partial charge in [-0.3, -0.25) is 4.79 Å². The van der Waals surface area contributed by atoms with Crippen molar-refractivity contribution in [3.63, 3.8) is 0 Å².